The van der Waals surface area contributed by atoms with Crippen molar-refractivity contribution in [1.29, 1.82) is 0 Å². The molecule has 2 N–H and O–H groups in total. The zero-order chi connectivity index (χ0) is 16.8. The molecule has 3 rings (SSSR count). The van der Waals surface area contributed by atoms with Crippen LogP contribution in [0.4, 0.5) is 11.5 Å². The minimum atomic E-state index is -0.328. The second kappa shape index (κ2) is 7.28. The summed E-state index contributed by atoms with van der Waals surface area (Å²) in [4.78, 5) is 12.1. The van der Waals surface area contributed by atoms with Crippen LogP contribution in [0.1, 0.15) is 16.2 Å². The largest absolute Gasteiger partial charge is 0.497 e. The summed E-state index contributed by atoms with van der Waals surface area (Å²) in [5.41, 5.74) is 0.886. The summed E-state index contributed by atoms with van der Waals surface area (Å²) >= 11 is 0. The quantitative estimate of drug-likeness (QED) is 0.724. The molecule has 0 aliphatic heterocycles. The Bertz CT molecular complexity index is 784. The fourth-order valence-electron chi connectivity index (χ4n) is 2.01. The molecule has 0 unspecified atom stereocenters. The highest BCUT2D eigenvalue weighted by molar-refractivity contribution is 6.02. The minimum absolute atomic E-state index is 0.231. The maximum Gasteiger partial charge on any atom is 0.276 e. The van der Waals surface area contributed by atoms with Crippen LogP contribution in [0.3, 0.4) is 0 Å². The lowest BCUT2D eigenvalue weighted by molar-refractivity contribution is 0.102. The zero-order valence-corrected chi connectivity index (χ0v) is 13.0. The zero-order valence-electron chi connectivity index (χ0n) is 13.0. The van der Waals surface area contributed by atoms with Gasteiger partial charge in [0, 0.05) is 5.69 Å². The Morgan fingerprint density at radius 1 is 1.12 bits per heavy atom. The molecule has 24 heavy (non-hydrogen) atoms. The molecule has 0 radical (unpaired) electrons. The summed E-state index contributed by atoms with van der Waals surface area (Å²) in [5, 5.41) is 13.7. The molecule has 0 aliphatic rings. The van der Waals surface area contributed by atoms with Crippen LogP contribution in [0.15, 0.2) is 59.2 Å². The van der Waals surface area contributed by atoms with Gasteiger partial charge in [-0.2, -0.15) is 0 Å². The highest BCUT2D eigenvalue weighted by Crippen LogP contribution is 2.15. The van der Waals surface area contributed by atoms with Crippen molar-refractivity contribution in [2.75, 3.05) is 17.7 Å². The van der Waals surface area contributed by atoms with E-state index in [1.165, 1.54) is 0 Å². The van der Waals surface area contributed by atoms with E-state index in [4.69, 9.17) is 9.15 Å². The molecule has 7 heteroatoms. The minimum Gasteiger partial charge on any atom is -0.497 e. The molecule has 0 atom stereocenters. The maximum atomic E-state index is 12.1. The number of ether oxygens (including phenoxy) is 1. The number of hydrogen-bond acceptors (Lipinski definition) is 6. The van der Waals surface area contributed by atoms with E-state index in [1.807, 2.05) is 12.1 Å². The highest BCUT2D eigenvalue weighted by Gasteiger charge is 2.09. The highest BCUT2D eigenvalue weighted by atomic mass is 16.5. The number of rotatable bonds is 6. The van der Waals surface area contributed by atoms with Crippen LogP contribution in [-0.4, -0.2) is 23.2 Å². The van der Waals surface area contributed by atoms with E-state index in [9.17, 15) is 4.79 Å². The number of nitrogens with zero attached hydrogens (tertiary/aromatic N) is 2. The second-order valence-corrected chi connectivity index (χ2v) is 4.92. The van der Waals surface area contributed by atoms with Crippen molar-refractivity contribution in [2.45, 2.75) is 6.54 Å². The van der Waals surface area contributed by atoms with Gasteiger partial charge in [0.1, 0.15) is 17.3 Å². The Hall–Kier alpha value is -3.35. The molecule has 0 spiro atoms. The van der Waals surface area contributed by atoms with Gasteiger partial charge >= 0.3 is 0 Å². The van der Waals surface area contributed by atoms with E-state index in [-0.39, 0.29) is 11.6 Å². The molecule has 1 aromatic carbocycles. The van der Waals surface area contributed by atoms with E-state index in [1.54, 1.807) is 49.8 Å². The van der Waals surface area contributed by atoms with Crippen LogP contribution in [0.5, 0.6) is 5.75 Å². The van der Waals surface area contributed by atoms with E-state index < -0.39 is 0 Å². The van der Waals surface area contributed by atoms with Crippen molar-refractivity contribution in [2.24, 2.45) is 0 Å². The number of nitrogens with one attached hydrogen (secondary N) is 2. The third-order valence-electron chi connectivity index (χ3n) is 3.27. The summed E-state index contributed by atoms with van der Waals surface area (Å²) in [6.07, 6.45) is 1.61. The van der Waals surface area contributed by atoms with Crippen LogP contribution in [-0.2, 0) is 6.54 Å². The number of amides is 1. The topological polar surface area (TPSA) is 89.3 Å². The predicted octanol–water partition coefficient (Wildman–Crippen LogP) is 2.94. The van der Waals surface area contributed by atoms with Gasteiger partial charge in [-0.05, 0) is 48.5 Å². The predicted molar refractivity (Wildman–Crippen MR) is 89.0 cm³/mol. The Morgan fingerprint density at radius 2 is 1.96 bits per heavy atom. The van der Waals surface area contributed by atoms with Crippen LogP contribution >= 0.6 is 0 Å². The molecule has 122 valence electrons. The van der Waals surface area contributed by atoms with Crippen LogP contribution in [0.2, 0.25) is 0 Å². The van der Waals surface area contributed by atoms with Crippen molar-refractivity contribution < 1.29 is 13.9 Å². The average molecular weight is 324 g/mol. The van der Waals surface area contributed by atoms with Crippen molar-refractivity contribution in [3.63, 3.8) is 0 Å². The summed E-state index contributed by atoms with van der Waals surface area (Å²) < 4.78 is 10.3. The Labute approximate surface area is 138 Å². The lowest BCUT2D eigenvalue weighted by Gasteiger charge is -2.06. The first-order valence-corrected chi connectivity index (χ1v) is 7.30. The van der Waals surface area contributed by atoms with Gasteiger partial charge in [-0.1, -0.05) is 0 Å². The first-order valence-electron chi connectivity index (χ1n) is 7.30. The smallest absolute Gasteiger partial charge is 0.276 e. The normalized spacial score (nSPS) is 10.2. The number of benzene rings is 1. The second-order valence-electron chi connectivity index (χ2n) is 4.92. The van der Waals surface area contributed by atoms with Crippen molar-refractivity contribution >= 4 is 17.4 Å². The number of carbonyl (C=O) groups excluding carboxylic acids is 1. The van der Waals surface area contributed by atoms with Crippen LogP contribution in [0, 0.1) is 0 Å². The van der Waals surface area contributed by atoms with Gasteiger partial charge in [0.2, 0.25) is 0 Å². The molecule has 7 nitrogen and oxygen atoms in total. The Balaban J connectivity index is 1.58. The third-order valence-corrected chi connectivity index (χ3v) is 3.27. The molecule has 2 aromatic heterocycles. The van der Waals surface area contributed by atoms with Gasteiger partial charge in [-0.25, -0.2) is 0 Å². The Kier molecular flexibility index (Phi) is 4.71. The number of anilines is 2. The monoisotopic (exact) mass is 324 g/mol. The molecule has 0 bridgehead atoms. The van der Waals surface area contributed by atoms with Gasteiger partial charge in [-0.3, -0.25) is 4.79 Å². The van der Waals surface area contributed by atoms with Crippen LogP contribution in [0.25, 0.3) is 0 Å². The number of aromatic nitrogens is 2. The number of carbonyl (C=O) groups is 1. The van der Waals surface area contributed by atoms with Gasteiger partial charge in [0.15, 0.2) is 5.69 Å². The summed E-state index contributed by atoms with van der Waals surface area (Å²) in [6.45, 7) is 0.499. The molecular formula is C17H16N4O3. The SMILES string of the molecule is COc1ccc(NC(=O)c2ccc(NCc3ccco3)nn2)cc1. The molecule has 0 saturated carbocycles. The van der Waals surface area contributed by atoms with E-state index >= 15 is 0 Å². The average Bonchev–Trinajstić information content (AvgIpc) is 3.14. The third kappa shape index (κ3) is 3.89. The van der Waals surface area contributed by atoms with Crippen molar-refractivity contribution in [3.8, 4) is 5.75 Å². The van der Waals surface area contributed by atoms with Gasteiger partial charge < -0.3 is 19.8 Å². The van der Waals surface area contributed by atoms with Crippen molar-refractivity contribution in [3.05, 3.63) is 66.2 Å². The molecule has 1 amide bonds. The summed E-state index contributed by atoms with van der Waals surface area (Å²) in [6, 6.07) is 14.0. The standard InChI is InChI=1S/C17H16N4O3/c1-23-13-6-4-12(5-7-13)19-17(22)15-8-9-16(21-20-15)18-11-14-3-2-10-24-14/h2-10H,11H2,1H3,(H,18,21)(H,19,22). The lowest BCUT2D eigenvalue weighted by Crippen LogP contribution is -2.14. The Morgan fingerprint density at radius 3 is 2.58 bits per heavy atom. The molecule has 0 aliphatic carbocycles. The molecule has 0 fully saturated rings. The van der Waals surface area contributed by atoms with Crippen LogP contribution < -0.4 is 15.4 Å². The molecule has 3 aromatic rings. The van der Waals surface area contributed by atoms with E-state index in [0.29, 0.717) is 18.1 Å². The fourth-order valence-corrected chi connectivity index (χ4v) is 2.01. The summed E-state index contributed by atoms with van der Waals surface area (Å²) in [7, 11) is 1.59. The van der Waals surface area contributed by atoms with Crippen molar-refractivity contribution in [1.82, 2.24) is 10.2 Å². The fraction of sp³-hybridized carbons (Fsp3) is 0.118. The summed E-state index contributed by atoms with van der Waals surface area (Å²) in [5.74, 6) is 1.75. The molecular weight excluding hydrogens is 308 g/mol. The molecule has 2 heterocycles. The van der Waals surface area contributed by atoms with Gasteiger partial charge in [0.05, 0.1) is 19.9 Å². The molecule has 0 saturated heterocycles. The van der Waals surface area contributed by atoms with Gasteiger partial charge in [0.25, 0.3) is 5.91 Å². The van der Waals surface area contributed by atoms with E-state index in [2.05, 4.69) is 20.8 Å². The number of methoxy groups -OCH3 is 1. The maximum absolute atomic E-state index is 12.1. The number of hydrogen-bond donors (Lipinski definition) is 2. The van der Waals surface area contributed by atoms with E-state index in [0.717, 1.165) is 11.5 Å². The van der Waals surface area contributed by atoms with Gasteiger partial charge in [-0.15, -0.1) is 10.2 Å². The first-order chi connectivity index (χ1) is 11.7. The lowest BCUT2D eigenvalue weighted by atomic mass is 10.3. The number of furan rings is 1. The first kappa shape index (κ1) is 15.5.